The van der Waals surface area contributed by atoms with Gasteiger partial charge in [0.1, 0.15) is 0 Å². The molecule has 0 aliphatic heterocycles. The van der Waals surface area contributed by atoms with Crippen LogP contribution in [0.2, 0.25) is 0 Å². The van der Waals surface area contributed by atoms with E-state index in [4.69, 9.17) is 5.21 Å². The molecule has 9 heavy (non-hydrogen) atoms. The van der Waals surface area contributed by atoms with Gasteiger partial charge in [-0.1, -0.05) is 6.42 Å². The van der Waals surface area contributed by atoms with Crippen molar-refractivity contribution in [2.75, 3.05) is 0 Å². The molecular weight excluding hydrogens is 114 g/mol. The largest absolute Gasteiger partial charge is 0.317 e. The minimum atomic E-state index is 0.434. The fourth-order valence-corrected chi connectivity index (χ4v) is 2.40. The maximum Gasteiger partial charge on any atom is 0.0350 e. The van der Waals surface area contributed by atoms with Gasteiger partial charge in [-0.05, 0) is 31.1 Å². The van der Waals surface area contributed by atoms with Crippen LogP contribution in [0.1, 0.15) is 25.7 Å². The van der Waals surface area contributed by atoms with Crippen molar-refractivity contribution in [3.63, 3.8) is 0 Å². The summed E-state index contributed by atoms with van der Waals surface area (Å²) in [6.45, 7) is 0. The van der Waals surface area contributed by atoms with E-state index in [0.717, 1.165) is 11.8 Å². The zero-order chi connectivity index (χ0) is 6.27. The Hall–Kier alpha value is -0.0800. The average Bonchev–Trinajstić information content (AvgIpc) is 2.45. The lowest BCUT2D eigenvalue weighted by Crippen LogP contribution is -2.30. The fourth-order valence-electron chi connectivity index (χ4n) is 2.40. The summed E-state index contributed by atoms with van der Waals surface area (Å²) in [4.78, 5) is 0. The number of nitrogens with one attached hydrogen (secondary N) is 1. The molecule has 0 aromatic heterocycles. The lowest BCUT2D eigenvalue weighted by atomic mass is 9.96. The summed E-state index contributed by atoms with van der Waals surface area (Å²) in [5.74, 6) is 1.72. The van der Waals surface area contributed by atoms with Gasteiger partial charge in [0.2, 0.25) is 0 Å². The van der Waals surface area contributed by atoms with Crippen LogP contribution in [0.15, 0.2) is 0 Å². The van der Waals surface area contributed by atoms with Crippen LogP contribution in [0.3, 0.4) is 0 Å². The fraction of sp³-hybridized carbons (Fsp3) is 1.00. The summed E-state index contributed by atoms with van der Waals surface area (Å²) < 4.78 is 0. The topological polar surface area (TPSA) is 32.3 Å². The van der Waals surface area contributed by atoms with Gasteiger partial charge in [0.15, 0.2) is 0 Å². The van der Waals surface area contributed by atoms with Crippen molar-refractivity contribution in [3.8, 4) is 0 Å². The molecule has 2 bridgehead atoms. The molecule has 2 nitrogen and oxygen atoms in total. The van der Waals surface area contributed by atoms with Gasteiger partial charge in [0.25, 0.3) is 0 Å². The summed E-state index contributed by atoms with van der Waals surface area (Å²) in [5.41, 5.74) is 2.40. The third-order valence-electron chi connectivity index (χ3n) is 2.90. The van der Waals surface area contributed by atoms with E-state index in [1.54, 1.807) is 0 Å². The van der Waals surface area contributed by atoms with Crippen LogP contribution < -0.4 is 5.48 Å². The average molecular weight is 127 g/mol. The van der Waals surface area contributed by atoms with Crippen LogP contribution >= 0.6 is 0 Å². The molecule has 0 aromatic carbocycles. The van der Waals surface area contributed by atoms with Crippen molar-refractivity contribution >= 4 is 0 Å². The maximum absolute atomic E-state index is 8.64. The van der Waals surface area contributed by atoms with Crippen LogP contribution in [0.4, 0.5) is 0 Å². The maximum atomic E-state index is 8.64. The third kappa shape index (κ3) is 0.775. The lowest BCUT2D eigenvalue weighted by molar-refractivity contribution is 0.0989. The number of hydrogen-bond donors (Lipinski definition) is 2. The van der Waals surface area contributed by atoms with E-state index < -0.39 is 0 Å². The Kier molecular flexibility index (Phi) is 1.24. The Morgan fingerprint density at radius 3 is 2.44 bits per heavy atom. The van der Waals surface area contributed by atoms with Crippen LogP contribution in [0.25, 0.3) is 0 Å². The molecule has 52 valence electrons. The van der Waals surface area contributed by atoms with Crippen LogP contribution in [0.5, 0.6) is 0 Å². The lowest BCUT2D eigenvalue weighted by Gasteiger charge is -2.18. The van der Waals surface area contributed by atoms with Crippen molar-refractivity contribution in [2.24, 2.45) is 11.8 Å². The van der Waals surface area contributed by atoms with Gasteiger partial charge in [-0.2, -0.15) is 0 Å². The normalized spacial score (nSPS) is 48.3. The van der Waals surface area contributed by atoms with Gasteiger partial charge >= 0.3 is 0 Å². The Labute approximate surface area is 55.2 Å². The SMILES string of the molecule is ONC1CC2CCC1C2. The molecule has 0 heterocycles. The Morgan fingerprint density at radius 2 is 2.11 bits per heavy atom. The molecule has 2 heteroatoms. The standard InChI is InChI=1S/C7H13NO/c9-8-7-4-5-1-2-6(7)3-5/h5-9H,1-4H2. The molecule has 2 aliphatic rings. The quantitative estimate of drug-likeness (QED) is 0.518. The first-order chi connectivity index (χ1) is 4.40. The highest BCUT2D eigenvalue weighted by molar-refractivity contribution is 4.92. The zero-order valence-corrected chi connectivity index (χ0v) is 5.51. The first-order valence-electron chi connectivity index (χ1n) is 3.80. The highest BCUT2D eigenvalue weighted by Crippen LogP contribution is 2.44. The Balaban J connectivity index is 2.01. The van der Waals surface area contributed by atoms with Crippen molar-refractivity contribution in [2.45, 2.75) is 31.7 Å². The van der Waals surface area contributed by atoms with E-state index in [1.165, 1.54) is 25.7 Å². The van der Waals surface area contributed by atoms with Crippen molar-refractivity contribution in [1.29, 1.82) is 0 Å². The van der Waals surface area contributed by atoms with E-state index in [9.17, 15) is 0 Å². The first-order valence-corrected chi connectivity index (χ1v) is 3.80. The number of fused-ring (bicyclic) bond motifs is 2. The Bertz CT molecular complexity index is 115. The molecule has 2 aliphatic carbocycles. The summed E-state index contributed by atoms with van der Waals surface area (Å²) in [6.07, 6.45) is 5.31. The summed E-state index contributed by atoms with van der Waals surface area (Å²) >= 11 is 0. The molecule has 0 aromatic rings. The molecule has 2 rings (SSSR count). The molecule has 2 saturated carbocycles. The molecule has 0 spiro atoms. The molecule has 3 unspecified atom stereocenters. The van der Waals surface area contributed by atoms with Crippen LogP contribution in [-0.4, -0.2) is 11.2 Å². The Morgan fingerprint density at radius 1 is 1.22 bits per heavy atom. The highest BCUT2D eigenvalue weighted by Gasteiger charge is 2.38. The van der Waals surface area contributed by atoms with Gasteiger partial charge < -0.3 is 5.21 Å². The number of rotatable bonds is 1. The number of hydrogen-bond acceptors (Lipinski definition) is 2. The van der Waals surface area contributed by atoms with Gasteiger partial charge in [0.05, 0.1) is 0 Å². The molecule has 2 fully saturated rings. The monoisotopic (exact) mass is 127 g/mol. The smallest absolute Gasteiger partial charge is 0.0350 e. The second kappa shape index (κ2) is 1.96. The van der Waals surface area contributed by atoms with Crippen molar-refractivity contribution < 1.29 is 5.21 Å². The van der Waals surface area contributed by atoms with Gasteiger partial charge in [-0.25, -0.2) is 5.48 Å². The van der Waals surface area contributed by atoms with Crippen LogP contribution in [0, 0.1) is 11.8 Å². The first kappa shape index (κ1) is 5.69. The van der Waals surface area contributed by atoms with Gasteiger partial charge in [0, 0.05) is 6.04 Å². The van der Waals surface area contributed by atoms with E-state index in [-0.39, 0.29) is 0 Å². The van der Waals surface area contributed by atoms with Crippen molar-refractivity contribution in [1.82, 2.24) is 5.48 Å². The summed E-state index contributed by atoms with van der Waals surface area (Å²) in [6, 6.07) is 0.434. The highest BCUT2D eigenvalue weighted by atomic mass is 16.5. The van der Waals surface area contributed by atoms with Gasteiger partial charge in [-0.3, -0.25) is 0 Å². The van der Waals surface area contributed by atoms with E-state index in [2.05, 4.69) is 5.48 Å². The summed E-state index contributed by atoms with van der Waals surface area (Å²) in [5, 5.41) is 8.64. The molecule has 0 saturated heterocycles. The third-order valence-corrected chi connectivity index (χ3v) is 2.90. The van der Waals surface area contributed by atoms with E-state index >= 15 is 0 Å². The molecule has 0 amide bonds. The second-order valence-electron chi connectivity index (χ2n) is 3.41. The minimum absolute atomic E-state index is 0.434. The predicted molar refractivity (Wildman–Crippen MR) is 34.2 cm³/mol. The predicted octanol–water partition coefficient (Wildman–Crippen LogP) is 1.15. The second-order valence-corrected chi connectivity index (χ2v) is 3.41. The molecular formula is C7H13NO. The van der Waals surface area contributed by atoms with Crippen LogP contribution in [-0.2, 0) is 0 Å². The zero-order valence-electron chi connectivity index (χ0n) is 5.51. The summed E-state index contributed by atoms with van der Waals surface area (Å²) in [7, 11) is 0. The van der Waals surface area contributed by atoms with Gasteiger partial charge in [-0.15, -0.1) is 0 Å². The molecule has 3 atom stereocenters. The van der Waals surface area contributed by atoms with E-state index in [0.29, 0.717) is 6.04 Å². The van der Waals surface area contributed by atoms with E-state index in [1.807, 2.05) is 0 Å². The van der Waals surface area contributed by atoms with Crippen molar-refractivity contribution in [3.05, 3.63) is 0 Å². The number of hydroxylamine groups is 1. The molecule has 2 N–H and O–H groups in total. The minimum Gasteiger partial charge on any atom is -0.317 e. The molecule has 0 radical (unpaired) electrons.